The fourth-order valence-corrected chi connectivity index (χ4v) is 3.19. The van der Waals surface area contributed by atoms with E-state index in [0.29, 0.717) is 12.1 Å². The van der Waals surface area contributed by atoms with Gasteiger partial charge in [0.2, 0.25) is 0 Å². The number of carbonyl (C=O) groups is 1. The first-order chi connectivity index (χ1) is 9.81. The Morgan fingerprint density at radius 2 is 1.81 bits per heavy atom. The Morgan fingerprint density at radius 1 is 1.19 bits per heavy atom. The minimum Gasteiger partial charge on any atom is -0.298 e. The van der Waals surface area contributed by atoms with Gasteiger partial charge in [0.1, 0.15) is 6.29 Å². The molecule has 3 heteroatoms. The van der Waals surface area contributed by atoms with Crippen molar-refractivity contribution in [1.82, 2.24) is 9.80 Å². The third-order valence-corrected chi connectivity index (χ3v) is 4.50. The van der Waals surface area contributed by atoms with E-state index in [4.69, 9.17) is 0 Å². The Bertz CT molecular complexity index is 480. The zero-order valence-electron chi connectivity index (χ0n) is 14.0. The first-order valence-corrected chi connectivity index (χ1v) is 7.86. The molecule has 1 heterocycles. The van der Waals surface area contributed by atoms with Crippen molar-refractivity contribution in [2.75, 3.05) is 13.1 Å². The van der Waals surface area contributed by atoms with Gasteiger partial charge in [0, 0.05) is 42.8 Å². The molecule has 0 aliphatic carbocycles. The molecule has 116 valence electrons. The molecule has 1 aromatic carbocycles. The van der Waals surface area contributed by atoms with E-state index in [2.05, 4.69) is 50.5 Å². The van der Waals surface area contributed by atoms with Gasteiger partial charge in [0.25, 0.3) is 0 Å². The van der Waals surface area contributed by atoms with E-state index in [1.54, 1.807) is 0 Å². The molecule has 3 nitrogen and oxygen atoms in total. The highest BCUT2D eigenvalue weighted by Gasteiger charge is 2.34. The topological polar surface area (TPSA) is 23.6 Å². The van der Waals surface area contributed by atoms with Crippen molar-refractivity contribution < 1.29 is 4.79 Å². The Balaban J connectivity index is 2.08. The van der Waals surface area contributed by atoms with Gasteiger partial charge < -0.3 is 0 Å². The number of aldehydes is 1. The lowest BCUT2D eigenvalue weighted by molar-refractivity contribution is -0.00977. The third-order valence-electron chi connectivity index (χ3n) is 4.50. The minimum absolute atomic E-state index is 0.228. The predicted octanol–water partition coefficient (Wildman–Crippen LogP) is 3.19. The second-order valence-corrected chi connectivity index (χ2v) is 7.31. The third kappa shape index (κ3) is 3.92. The molecular formula is C18H28N2O. The molecule has 0 bridgehead atoms. The molecule has 1 saturated heterocycles. The molecule has 1 aromatic rings. The molecule has 0 saturated carbocycles. The summed E-state index contributed by atoms with van der Waals surface area (Å²) in [6.07, 6.45) is 0.925. The van der Waals surface area contributed by atoms with Crippen LogP contribution in [0.4, 0.5) is 0 Å². The van der Waals surface area contributed by atoms with Crippen molar-refractivity contribution in [2.45, 2.75) is 58.8 Å². The fourth-order valence-electron chi connectivity index (χ4n) is 3.19. The predicted molar refractivity (Wildman–Crippen MR) is 87.6 cm³/mol. The Hall–Kier alpha value is -1.19. The van der Waals surface area contributed by atoms with E-state index in [-0.39, 0.29) is 5.54 Å². The lowest BCUT2D eigenvalue weighted by atomic mass is 9.98. The monoisotopic (exact) mass is 288 g/mol. The van der Waals surface area contributed by atoms with Crippen molar-refractivity contribution in [3.63, 3.8) is 0 Å². The van der Waals surface area contributed by atoms with Gasteiger partial charge in [-0.2, -0.15) is 0 Å². The number of rotatable bonds is 3. The van der Waals surface area contributed by atoms with E-state index in [1.807, 2.05) is 18.2 Å². The molecule has 1 aliphatic rings. The second-order valence-electron chi connectivity index (χ2n) is 7.31. The van der Waals surface area contributed by atoms with Gasteiger partial charge >= 0.3 is 0 Å². The van der Waals surface area contributed by atoms with Crippen molar-refractivity contribution in [3.8, 4) is 0 Å². The van der Waals surface area contributed by atoms with E-state index >= 15 is 0 Å². The summed E-state index contributed by atoms with van der Waals surface area (Å²) in [5.41, 5.74) is 2.22. The molecule has 0 N–H and O–H groups in total. The van der Waals surface area contributed by atoms with Crippen LogP contribution in [0.25, 0.3) is 0 Å². The minimum atomic E-state index is 0.228. The molecule has 0 aromatic heterocycles. The zero-order valence-corrected chi connectivity index (χ0v) is 14.0. The van der Waals surface area contributed by atoms with Crippen LogP contribution in [0.1, 0.15) is 50.5 Å². The van der Waals surface area contributed by atoms with Crippen LogP contribution >= 0.6 is 0 Å². The molecule has 0 amide bonds. The molecule has 1 aliphatic heterocycles. The van der Waals surface area contributed by atoms with E-state index in [1.165, 1.54) is 5.56 Å². The van der Waals surface area contributed by atoms with Gasteiger partial charge in [0.15, 0.2) is 0 Å². The van der Waals surface area contributed by atoms with Gasteiger partial charge in [-0.3, -0.25) is 14.6 Å². The molecule has 2 rings (SSSR count). The van der Waals surface area contributed by atoms with Gasteiger partial charge in [0.05, 0.1) is 0 Å². The van der Waals surface area contributed by atoms with E-state index in [0.717, 1.165) is 31.5 Å². The summed E-state index contributed by atoms with van der Waals surface area (Å²) in [4.78, 5) is 16.0. The number of carbonyl (C=O) groups excluding carboxylic acids is 1. The number of benzene rings is 1. The van der Waals surface area contributed by atoms with Crippen LogP contribution in [0, 0.1) is 0 Å². The van der Waals surface area contributed by atoms with Crippen LogP contribution in [0.3, 0.4) is 0 Å². The number of hydrogen-bond donors (Lipinski definition) is 0. The average molecular weight is 288 g/mol. The summed E-state index contributed by atoms with van der Waals surface area (Å²) in [7, 11) is 0. The summed E-state index contributed by atoms with van der Waals surface area (Å²) in [6.45, 7) is 14.6. The Kier molecular flexibility index (Phi) is 4.84. The standard InChI is InChI=1S/C18H28N2O/c1-14-10-19(18(3,4)5)11-15(2)20(14)12-16-7-6-8-17(9-16)13-21/h6-9,13-15H,10-12H2,1-5H3/t14-,15+. The summed E-state index contributed by atoms with van der Waals surface area (Å²) in [5, 5.41) is 0. The molecule has 0 spiro atoms. The summed E-state index contributed by atoms with van der Waals surface area (Å²) < 4.78 is 0. The molecule has 0 radical (unpaired) electrons. The quantitative estimate of drug-likeness (QED) is 0.798. The highest BCUT2D eigenvalue weighted by molar-refractivity contribution is 5.74. The molecular weight excluding hydrogens is 260 g/mol. The van der Waals surface area contributed by atoms with Crippen molar-refractivity contribution in [1.29, 1.82) is 0 Å². The number of nitrogens with zero attached hydrogens (tertiary/aromatic N) is 2. The summed E-state index contributed by atoms with van der Waals surface area (Å²) in [5.74, 6) is 0. The van der Waals surface area contributed by atoms with Gasteiger partial charge in [-0.15, -0.1) is 0 Å². The van der Waals surface area contributed by atoms with Crippen LogP contribution in [0.5, 0.6) is 0 Å². The van der Waals surface area contributed by atoms with Crippen LogP contribution in [-0.2, 0) is 6.54 Å². The smallest absolute Gasteiger partial charge is 0.150 e. The van der Waals surface area contributed by atoms with Crippen LogP contribution in [-0.4, -0.2) is 46.8 Å². The average Bonchev–Trinajstić information content (AvgIpc) is 2.42. The first-order valence-electron chi connectivity index (χ1n) is 7.86. The number of piperazine rings is 1. The lowest BCUT2D eigenvalue weighted by Gasteiger charge is -2.49. The summed E-state index contributed by atoms with van der Waals surface area (Å²) >= 11 is 0. The van der Waals surface area contributed by atoms with E-state index < -0.39 is 0 Å². The zero-order chi connectivity index (χ0) is 15.6. The maximum absolute atomic E-state index is 10.9. The molecule has 2 atom stereocenters. The molecule has 21 heavy (non-hydrogen) atoms. The normalized spacial score (nSPS) is 25.0. The highest BCUT2D eigenvalue weighted by Crippen LogP contribution is 2.24. The van der Waals surface area contributed by atoms with Crippen LogP contribution in [0.15, 0.2) is 24.3 Å². The van der Waals surface area contributed by atoms with Crippen molar-refractivity contribution in [2.24, 2.45) is 0 Å². The largest absolute Gasteiger partial charge is 0.298 e. The Labute approximate surface area is 128 Å². The lowest BCUT2D eigenvalue weighted by Crippen LogP contribution is -2.60. The first kappa shape index (κ1) is 16.2. The number of hydrogen-bond acceptors (Lipinski definition) is 3. The summed E-state index contributed by atoms with van der Waals surface area (Å²) in [6, 6.07) is 8.99. The van der Waals surface area contributed by atoms with Gasteiger partial charge in [-0.05, 0) is 46.2 Å². The van der Waals surface area contributed by atoms with Gasteiger partial charge in [-0.1, -0.05) is 18.2 Å². The maximum Gasteiger partial charge on any atom is 0.150 e. The van der Waals surface area contributed by atoms with Crippen LogP contribution in [0.2, 0.25) is 0 Å². The SMILES string of the molecule is C[C@@H]1CN(C(C)(C)C)C[C@H](C)N1Cc1cccc(C=O)c1. The second kappa shape index (κ2) is 6.29. The van der Waals surface area contributed by atoms with Crippen molar-refractivity contribution in [3.05, 3.63) is 35.4 Å². The van der Waals surface area contributed by atoms with E-state index in [9.17, 15) is 4.79 Å². The highest BCUT2D eigenvalue weighted by atomic mass is 16.1. The molecule has 1 fully saturated rings. The van der Waals surface area contributed by atoms with Crippen LogP contribution < -0.4 is 0 Å². The fraction of sp³-hybridized carbons (Fsp3) is 0.611. The molecule has 0 unspecified atom stereocenters. The Morgan fingerprint density at radius 3 is 2.33 bits per heavy atom. The van der Waals surface area contributed by atoms with Gasteiger partial charge in [-0.25, -0.2) is 0 Å². The maximum atomic E-state index is 10.9. The van der Waals surface area contributed by atoms with Crippen molar-refractivity contribution >= 4 is 6.29 Å².